The molecule has 0 unspecified atom stereocenters. The second-order valence-electron chi connectivity index (χ2n) is 7.24. The number of carbonyl (C=O) groups excluding carboxylic acids is 1. The van der Waals surface area contributed by atoms with Gasteiger partial charge in [0, 0.05) is 31.2 Å². The highest BCUT2D eigenvalue weighted by molar-refractivity contribution is 7.98. The van der Waals surface area contributed by atoms with E-state index in [9.17, 15) is 18.4 Å². The number of fused-ring (bicyclic) bond motifs is 1. The van der Waals surface area contributed by atoms with E-state index in [0.29, 0.717) is 16.7 Å². The Bertz CT molecular complexity index is 1190. The monoisotopic (exact) mass is 427 g/mol. The number of hydrogen-bond donors (Lipinski definition) is 1. The highest BCUT2D eigenvalue weighted by Crippen LogP contribution is 2.36. The van der Waals surface area contributed by atoms with Crippen LogP contribution in [-0.2, 0) is 17.6 Å². The number of carbonyl (C=O) groups is 1. The van der Waals surface area contributed by atoms with Crippen molar-refractivity contribution >= 4 is 23.5 Å². The number of aromatic nitrogens is 2. The largest absolute Gasteiger partial charge is 0.312 e. The van der Waals surface area contributed by atoms with Crippen molar-refractivity contribution in [2.75, 3.05) is 5.32 Å². The summed E-state index contributed by atoms with van der Waals surface area (Å²) in [6.07, 6.45) is -0.0808. The molecular formula is C22H19F2N3O2S. The number of rotatable bonds is 4. The lowest BCUT2D eigenvalue weighted by molar-refractivity contribution is -0.116. The fraction of sp³-hybridized carbons (Fsp3) is 0.227. The summed E-state index contributed by atoms with van der Waals surface area (Å²) in [5, 5.41) is 3.18. The molecule has 1 N–H and O–H groups in total. The van der Waals surface area contributed by atoms with Gasteiger partial charge >= 0.3 is 0 Å². The van der Waals surface area contributed by atoms with E-state index >= 15 is 0 Å². The molecule has 0 radical (unpaired) electrons. The molecule has 2 aromatic carbocycles. The maximum Gasteiger partial charge on any atom is 0.279 e. The summed E-state index contributed by atoms with van der Waals surface area (Å²) in [5.74, 6) is -1.68. The Morgan fingerprint density at radius 3 is 2.57 bits per heavy atom. The normalized spacial score (nSPS) is 15.6. The SMILES string of the molecule is Cc1ccccc1CSc1nc(=O)c2c(n1C)NC(=O)C[C@@H]2c1cc(F)cc(F)c1. The molecule has 4 rings (SSSR count). The number of aryl methyl sites for hydroxylation is 1. The van der Waals surface area contributed by atoms with E-state index in [1.807, 2.05) is 31.2 Å². The first kappa shape index (κ1) is 20.3. The molecule has 30 heavy (non-hydrogen) atoms. The molecule has 3 aromatic rings. The zero-order valence-electron chi connectivity index (χ0n) is 16.4. The minimum absolute atomic E-state index is 0.0808. The number of nitrogens with one attached hydrogen (secondary N) is 1. The molecule has 0 aliphatic carbocycles. The summed E-state index contributed by atoms with van der Waals surface area (Å²) < 4.78 is 29.2. The van der Waals surface area contributed by atoms with Gasteiger partial charge in [-0.1, -0.05) is 36.0 Å². The average molecular weight is 427 g/mol. The van der Waals surface area contributed by atoms with E-state index in [4.69, 9.17) is 0 Å². The number of anilines is 1. The summed E-state index contributed by atoms with van der Waals surface area (Å²) in [7, 11) is 1.71. The second-order valence-corrected chi connectivity index (χ2v) is 8.19. The molecule has 5 nitrogen and oxygen atoms in total. The summed E-state index contributed by atoms with van der Waals surface area (Å²) in [6, 6.07) is 11.0. The Kier molecular flexibility index (Phi) is 5.42. The van der Waals surface area contributed by atoms with Gasteiger partial charge in [0.15, 0.2) is 5.16 Å². The molecule has 0 fully saturated rings. The molecule has 1 amide bonds. The quantitative estimate of drug-likeness (QED) is 0.502. The fourth-order valence-corrected chi connectivity index (χ4v) is 4.68. The van der Waals surface area contributed by atoms with Gasteiger partial charge in [-0.25, -0.2) is 8.78 Å². The fourth-order valence-electron chi connectivity index (χ4n) is 3.64. The third-order valence-corrected chi connectivity index (χ3v) is 6.28. The first-order valence-corrected chi connectivity index (χ1v) is 10.4. The van der Waals surface area contributed by atoms with Crippen LogP contribution in [0.25, 0.3) is 0 Å². The molecule has 0 bridgehead atoms. The molecule has 2 heterocycles. The molecule has 1 atom stereocenters. The lowest BCUT2D eigenvalue weighted by Crippen LogP contribution is -2.33. The molecular weight excluding hydrogens is 408 g/mol. The van der Waals surface area contributed by atoms with Gasteiger partial charge in [0.1, 0.15) is 17.5 Å². The second kappa shape index (κ2) is 8.02. The van der Waals surface area contributed by atoms with Gasteiger partial charge in [-0.15, -0.1) is 0 Å². The van der Waals surface area contributed by atoms with Crippen molar-refractivity contribution in [3.05, 3.63) is 86.7 Å². The van der Waals surface area contributed by atoms with Crippen molar-refractivity contribution in [3.8, 4) is 0 Å². The Morgan fingerprint density at radius 2 is 1.87 bits per heavy atom. The highest BCUT2D eigenvalue weighted by Gasteiger charge is 2.32. The first-order valence-electron chi connectivity index (χ1n) is 9.37. The van der Waals surface area contributed by atoms with Crippen LogP contribution in [0.15, 0.2) is 52.4 Å². The molecule has 1 aliphatic rings. The number of hydrogen-bond acceptors (Lipinski definition) is 4. The Morgan fingerprint density at radius 1 is 1.17 bits per heavy atom. The number of amides is 1. The van der Waals surface area contributed by atoms with Crippen molar-refractivity contribution in [2.24, 2.45) is 7.05 Å². The van der Waals surface area contributed by atoms with Crippen LogP contribution in [0.3, 0.4) is 0 Å². The van der Waals surface area contributed by atoms with Crippen LogP contribution in [0.4, 0.5) is 14.6 Å². The van der Waals surface area contributed by atoms with Crippen LogP contribution < -0.4 is 10.9 Å². The Hall–Kier alpha value is -3.00. The third kappa shape index (κ3) is 3.87. The van der Waals surface area contributed by atoms with Crippen LogP contribution >= 0.6 is 11.8 Å². The number of nitrogens with zero attached hydrogens (tertiary/aromatic N) is 2. The van der Waals surface area contributed by atoms with Crippen LogP contribution in [-0.4, -0.2) is 15.5 Å². The summed E-state index contributed by atoms with van der Waals surface area (Å²) in [6.45, 7) is 2.01. The Labute approximate surface area is 176 Å². The smallest absolute Gasteiger partial charge is 0.279 e. The van der Waals surface area contributed by atoms with Crippen LogP contribution in [0.1, 0.15) is 34.6 Å². The summed E-state index contributed by atoms with van der Waals surface area (Å²) >= 11 is 1.39. The van der Waals surface area contributed by atoms with Gasteiger partial charge in [0.25, 0.3) is 5.56 Å². The predicted octanol–water partition coefficient (Wildman–Crippen LogP) is 4.13. The van der Waals surface area contributed by atoms with Crippen LogP contribution in [0.2, 0.25) is 0 Å². The van der Waals surface area contributed by atoms with Crippen LogP contribution in [0.5, 0.6) is 0 Å². The van der Waals surface area contributed by atoms with E-state index in [2.05, 4.69) is 10.3 Å². The van der Waals surface area contributed by atoms with Crippen molar-refractivity contribution < 1.29 is 13.6 Å². The van der Waals surface area contributed by atoms with Crippen LogP contribution in [0, 0.1) is 18.6 Å². The predicted molar refractivity (Wildman–Crippen MR) is 112 cm³/mol. The molecule has 154 valence electrons. The van der Waals surface area contributed by atoms with E-state index in [1.165, 1.54) is 11.8 Å². The van der Waals surface area contributed by atoms with Crippen molar-refractivity contribution in [1.29, 1.82) is 0 Å². The molecule has 1 aliphatic heterocycles. The lowest BCUT2D eigenvalue weighted by atomic mass is 9.86. The third-order valence-electron chi connectivity index (χ3n) is 5.21. The summed E-state index contributed by atoms with van der Waals surface area (Å²) in [4.78, 5) is 29.4. The van der Waals surface area contributed by atoms with E-state index in [1.54, 1.807) is 11.6 Å². The molecule has 1 aromatic heterocycles. The molecule has 0 saturated carbocycles. The molecule has 0 saturated heterocycles. The summed E-state index contributed by atoms with van der Waals surface area (Å²) in [5.41, 5.74) is 2.22. The van der Waals surface area contributed by atoms with Gasteiger partial charge < -0.3 is 9.88 Å². The topological polar surface area (TPSA) is 64.0 Å². The maximum absolute atomic E-state index is 13.8. The molecule has 0 spiro atoms. The average Bonchev–Trinajstić information content (AvgIpc) is 2.69. The minimum atomic E-state index is -0.763. The van der Waals surface area contributed by atoms with Gasteiger partial charge in [0.05, 0.1) is 5.56 Å². The van der Waals surface area contributed by atoms with E-state index in [0.717, 1.165) is 29.3 Å². The minimum Gasteiger partial charge on any atom is -0.312 e. The standard InChI is InChI=1S/C22H19F2N3O2S/c1-12-5-3-4-6-13(12)11-30-22-26-21(29)19-17(10-18(28)25-20(19)27(22)2)14-7-15(23)9-16(24)8-14/h3-9,17H,10-11H2,1-2H3,(H,25,28)/t17-/m1/s1. The number of benzene rings is 2. The van der Waals surface area contributed by atoms with Crippen molar-refractivity contribution in [3.63, 3.8) is 0 Å². The highest BCUT2D eigenvalue weighted by atomic mass is 32.2. The number of thioether (sulfide) groups is 1. The molecule has 8 heteroatoms. The maximum atomic E-state index is 13.8. The zero-order chi connectivity index (χ0) is 21.4. The lowest BCUT2D eigenvalue weighted by Gasteiger charge is -2.27. The number of halogens is 2. The van der Waals surface area contributed by atoms with Crippen molar-refractivity contribution in [2.45, 2.75) is 30.2 Å². The van der Waals surface area contributed by atoms with Gasteiger partial charge in [0.2, 0.25) is 5.91 Å². The van der Waals surface area contributed by atoms with Gasteiger partial charge in [-0.05, 0) is 35.7 Å². The Balaban J connectivity index is 1.75. The van der Waals surface area contributed by atoms with Gasteiger partial charge in [-0.3, -0.25) is 9.59 Å². The van der Waals surface area contributed by atoms with Crippen molar-refractivity contribution in [1.82, 2.24) is 9.55 Å². The zero-order valence-corrected chi connectivity index (χ0v) is 17.2. The van der Waals surface area contributed by atoms with E-state index in [-0.39, 0.29) is 23.5 Å². The first-order chi connectivity index (χ1) is 14.3. The van der Waals surface area contributed by atoms with Gasteiger partial charge in [-0.2, -0.15) is 4.98 Å². The van der Waals surface area contributed by atoms with E-state index < -0.39 is 23.1 Å².